The number of amidine groups is 2. The van der Waals surface area contributed by atoms with E-state index in [1.54, 1.807) is 0 Å². The molecule has 0 radical (unpaired) electrons. The van der Waals surface area contributed by atoms with E-state index in [0.717, 1.165) is 34.5 Å². The second kappa shape index (κ2) is 15.1. The molecule has 0 atom stereocenters. The Morgan fingerprint density at radius 1 is 0.527 bits per heavy atom. The van der Waals surface area contributed by atoms with Gasteiger partial charge in [-0.15, -0.1) is 0 Å². The topological polar surface area (TPSA) is 40.3 Å². The summed E-state index contributed by atoms with van der Waals surface area (Å²) in [4.78, 5) is 16.7. The summed E-state index contributed by atoms with van der Waals surface area (Å²) < 4.78 is 0. The van der Waals surface area contributed by atoms with Gasteiger partial charge in [-0.1, -0.05) is 170 Å². The maximum absolute atomic E-state index is 5.07. The van der Waals surface area contributed by atoms with Crippen LogP contribution < -0.4 is 4.90 Å². The predicted octanol–water partition coefficient (Wildman–Crippen LogP) is 12.6. The molecular formula is C51H38N4. The van der Waals surface area contributed by atoms with Crippen LogP contribution >= 0.6 is 0 Å². The highest BCUT2D eigenvalue weighted by atomic mass is 15.1. The summed E-state index contributed by atoms with van der Waals surface area (Å²) in [5, 5.41) is 2.43. The number of rotatable bonds is 8. The van der Waals surface area contributed by atoms with Gasteiger partial charge in [-0.25, -0.2) is 9.98 Å². The quantitative estimate of drug-likeness (QED) is 0.115. The SMILES string of the molecule is C=NC(=NC(=NCc1ccc2c(c1)Cc1c-2cccc1N(c1ccc(-c2ccccc2)cc1)c1cccc2ccccc12)c1ccccc1)c1ccccc1. The van der Waals surface area contributed by atoms with E-state index in [-0.39, 0.29) is 0 Å². The van der Waals surface area contributed by atoms with Crippen molar-refractivity contribution in [2.75, 3.05) is 4.90 Å². The molecule has 0 amide bonds. The molecule has 0 N–H and O–H groups in total. The van der Waals surface area contributed by atoms with Crippen LogP contribution in [0.4, 0.5) is 17.1 Å². The molecule has 0 aromatic heterocycles. The van der Waals surface area contributed by atoms with Gasteiger partial charge in [-0.3, -0.25) is 4.99 Å². The summed E-state index contributed by atoms with van der Waals surface area (Å²) in [6.07, 6.45) is 0.823. The van der Waals surface area contributed by atoms with Crippen LogP contribution in [0.1, 0.15) is 27.8 Å². The first-order valence-electron chi connectivity index (χ1n) is 18.6. The fourth-order valence-corrected chi connectivity index (χ4v) is 7.64. The van der Waals surface area contributed by atoms with Crippen LogP contribution in [0.15, 0.2) is 209 Å². The van der Waals surface area contributed by atoms with Crippen molar-refractivity contribution in [1.29, 1.82) is 0 Å². The highest BCUT2D eigenvalue weighted by Gasteiger charge is 2.26. The molecule has 9 rings (SSSR count). The van der Waals surface area contributed by atoms with Gasteiger partial charge in [-0.05, 0) is 75.3 Å². The largest absolute Gasteiger partial charge is 0.310 e. The molecule has 0 saturated heterocycles. The number of hydrogen-bond donors (Lipinski definition) is 0. The Bertz CT molecular complexity index is 2690. The molecule has 0 aliphatic heterocycles. The number of aliphatic imine (C=N–C) groups is 3. The summed E-state index contributed by atoms with van der Waals surface area (Å²) in [7, 11) is 0. The monoisotopic (exact) mass is 706 g/mol. The van der Waals surface area contributed by atoms with Crippen molar-refractivity contribution in [3.63, 3.8) is 0 Å². The average Bonchev–Trinajstić information content (AvgIpc) is 3.64. The van der Waals surface area contributed by atoms with Crippen molar-refractivity contribution in [2.45, 2.75) is 13.0 Å². The van der Waals surface area contributed by atoms with Gasteiger partial charge in [0, 0.05) is 28.6 Å². The molecule has 1 aliphatic carbocycles. The van der Waals surface area contributed by atoms with E-state index in [0.29, 0.717) is 18.2 Å². The van der Waals surface area contributed by atoms with Crippen molar-refractivity contribution >= 4 is 46.2 Å². The highest BCUT2D eigenvalue weighted by molar-refractivity contribution is 6.12. The minimum atomic E-state index is 0.485. The second-order valence-electron chi connectivity index (χ2n) is 13.7. The van der Waals surface area contributed by atoms with Crippen LogP contribution in [0, 0.1) is 0 Å². The lowest BCUT2D eigenvalue weighted by Crippen LogP contribution is -2.12. The lowest BCUT2D eigenvalue weighted by Gasteiger charge is -2.29. The van der Waals surface area contributed by atoms with E-state index in [2.05, 4.69) is 150 Å². The van der Waals surface area contributed by atoms with Crippen LogP contribution in [0.2, 0.25) is 0 Å². The van der Waals surface area contributed by atoms with E-state index in [9.17, 15) is 0 Å². The molecule has 0 bridgehead atoms. The molecule has 8 aromatic rings. The normalized spacial score (nSPS) is 12.3. The van der Waals surface area contributed by atoms with Gasteiger partial charge in [0.05, 0.1) is 17.9 Å². The fraction of sp³-hybridized carbons (Fsp3) is 0.0392. The van der Waals surface area contributed by atoms with Crippen LogP contribution in [0.5, 0.6) is 0 Å². The molecule has 0 fully saturated rings. The van der Waals surface area contributed by atoms with Crippen molar-refractivity contribution in [3.05, 3.63) is 222 Å². The van der Waals surface area contributed by atoms with Gasteiger partial charge in [0.15, 0.2) is 11.7 Å². The predicted molar refractivity (Wildman–Crippen MR) is 232 cm³/mol. The van der Waals surface area contributed by atoms with Crippen LogP contribution in [-0.2, 0) is 13.0 Å². The number of hydrogen-bond acceptors (Lipinski definition) is 2. The number of benzene rings is 8. The van der Waals surface area contributed by atoms with Gasteiger partial charge in [0.2, 0.25) is 0 Å². The van der Waals surface area contributed by atoms with Crippen molar-refractivity contribution in [1.82, 2.24) is 0 Å². The minimum Gasteiger partial charge on any atom is -0.310 e. The van der Waals surface area contributed by atoms with Crippen molar-refractivity contribution < 1.29 is 0 Å². The van der Waals surface area contributed by atoms with E-state index >= 15 is 0 Å². The molecule has 0 saturated carbocycles. The molecule has 1 aliphatic rings. The van der Waals surface area contributed by atoms with Crippen molar-refractivity contribution in [3.8, 4) is 22.3 Å². The number of anilines is 3. The Balaban J connectivity index is 1.09. The molecule has 4 heteroatoms. The highest BCUT2D eigenvalue weighted by Crippen LogP contribution is 2.47. The number of fused-ring (bicyclic) bond motifs is 4. The van der Waals surface area contributed by atoms with E-state index in [4.69, 9.17) is 9.98 Å². The Labute approximate surface area is 322 Å². The van der Waals surface area contributed by atoms with E-state index < -0.39 is 0 Å². The second-order valence-corrected chi connectivity index (χ2v) is 13.7. The Morgan fingerprint density at radius 2 is 1.15 bits per heavy atom. The zero-order valence-corrected chi connectivity index (χ0v) is 30.4. The summed E-state index contributed by atoms with van der Waals surface area (Å²) in [5.41, 5.74) is 14.0. The van der Waals surface area contributed by atoms with Gasteiger partial charge in [0.25, 0.3) is 0 Å². The van der Waals surface area contributed by atoms with Crippen LogP contribution in [-0.4, -0.2) is 18.4 Å². The minimum absolute atomic E-state index is 0.485. The van der Waals surface area contributed by atoms with Crippen LogP contribution in [0.3, 0.4) is 0 Å². The summed E-state index contributed by atoms with van der Waals surface area (Å²) in [6.45, 7) is 4.30. The summed E-state index contributed by atoms with van der Waals surface area (Å²) in [5.74, 6) is 1.17. The van der Waals surface area contributed by atoms with Gasteiger partial charge in [-0.2, -0.15) is 0 Å². The average molecular weight is 707 g/mol. The maximum Gasteiger partial charge on any atom is 0.161 e. The van der Waals surface area contributed by atoms with Gasteiger partial charge in [0.1, 0.15) is 0 Å². The Kier molecular flexibility index (Phi) is 9.21. The van der Waals surface area contributed by atoms with Crippen LogP contribution in [0.25, 0.3) is 33.0 Å². The smallest absolute Gasteiger partial charge is 0.161 e. The third-order valence-electron chi connectivity index (χ3n) is 10.3. The summed E-state index contributed by atoms with van der Waals surface area (Å²) in [6, 6.07) is 68.3. The summed E-state index contributed by atoms with van der Waals surface area (Å²) >= 11 is 0. The van der Waals surface area contributed by atoms with Gasteiger partial charge < -0.3 is 4.90 Å². The molecule has 0 heterocycles. The van der Waals surface area contributed by atoms with E-state index in [1.807, 2.05) is 60.7 Å². The Hall–Kier alpha value is -7.17. The van der Waals surface area contributed by atoms with Crippen molar-refractivity contribution in [2.24, 2.45) is 15.0 Å². The molecule has 4 nitrogen and oxygen atoms in total. The lowest BCUT2D eigenvalue weighted by atomic mass is 10.0. The first-order chi connectivity index (χ1) is 27.2. The Morgan fingerprint density at radius 3 is 1.89 bits per heavy atom. The maximum atomic E-state index is 5.07. The first-order valence-corrected chi connectivity index (χ1v) is 18.6. The first kappa shape index (κ1) is 33.7. The zero-order chi connectivity index (χ0) is 37.0. The molecule has 55 heavy (non-hydrogen) atoms. The molecule has 8 aromatic carbocycles. The standard InChI is InChI=1S/C51H38N4/c1-52-50(40-18-7-3-8-19-40)54-51(41-20-9-4-10-21-41)53-35-36-27-32-44-42(33-36)34-47-46(44)24-14-26-49(47)55(48-25-13-22-39-17-11-12-23-45(39)48)43-30-28-38(29-31-43)37-15-5-2-6-16-37/h2-33H,1,34-35H2. The number of nitrogens with zero attached hydrogens (tertiary/aromatic N) is 4. The fourth-order valence-electron chi connectivity index (χ4n) is 7.64. The van der Waals surface area contributed by atoms with Gasteiger partial charge >= 0.3 is 0 Å². The van der Waals surface area contributed by atoms with E-state index in [1.165, 1.54) is 49.8 Å². The third-order valence-corrected chi connectivity index (χ3v) is 10.3. The zero-order valence-electron chi connectivity index (χ0n) is 30.4. The molecular weight excluding hydrogens is 669 g/mol. The lowest BCUT2D eigenvalue weighted by molar-refractivity contribution is 1.05. The molecule has 262 valence electrons. The molecule has 0 unspecified atom stereocenters. The molecule has 0 spiro atoms. The third kappa shape index (κ3) is 6.78.